The van der Waals surface area contributed by atoms with Gasteiger partial charge in [-0.3, -0.25) is 4.79 Å². The Morgan fingerprint density at radius 1 is 1.14 bits per heavy atom. The van der Waals surface area contributed by atoms with Gasteiger partial charge in [0.2, 0.25) is 0 Å². The number of hydrazone groups is 1. The lowest BCUT2D eigenvalue weighted by molar-refractivity contribution is 0.0713. The molecule has 29 heavy (non-hydrogen) atoms. The minimum absolute atomic E-state index is 0.0656. The summed E-state index contributed by atoms with van der Waals surface area (Å²) < 4.78 is 10.4. The van der Waals surface area contributed by atoms with Crippen LogP contribution in [0, 0.1) is 0 Å². The molecule has 0 bridgehead atoms. The van der Waals surface area contributed by atoms with E-state index < -0.39 is 0 Å². The van der Waals surface area contributed by atoms with E-state index in [0.717, 1.165) is 16.2 Å². The first-order valence-corrected chi connectivity index (χ1v) is 9.94. The number of amides is 1. The van der Waals surface area contributed by atoms with E-state index in [1.165, 1.54) is 7.11 Å². The van der Waals surface area contributed by atoms with Crippen molar-refractivity contribution in [3.63, 3.8) is 0 Å². The third-order valence-corrected chi connectivity index (χ3v) is 5.81. The number of benzene rings is 2. The zero-order valence-corrected chi connectivity index (χ0v) is 16.8. The Balaban J connectivity index is 1.70. The van der Waals surface area contributed by atoms with Gasteiger partial charge in [-0.15, -0.1) is 11.3 Å². The van der Waals surface area contributed by atoms with Crippen molar-refractivity contribution in [2.24, 2.45) is 5.10 Å². The second kappa shape index (κ2) is 7.97. The van der Waals surface area contributed by atoms with Crippen LogP contribution in [0.5, 0.6) is 17.2 Å². The molecule has 1 aliphatic rings. The van der Waals surface area contributed by atoms with Gasteiger partial charge in [-0.2, -0.15) is 5.10 Å². The van der Waals surface area contributed by atoms with Gasteiger partial charge in [-0.1, -0.05) is 6.07 Å². The molecular weight excluding hydrogens is 388 g/mol. The zero-order valence-electron chi connectivity index (χ0n) is 16.0. The second-order valence-corrected chi connectivity index (χ2v) is 7.53. The van der Waals surface area contributed by atoms with Crippen LogP contribution in [-0.4, -0.2) is 36.0 Å². The van der Waals surface area contributed by atoms with Crippen molar-refractivity contribution in [3.8, 4) is 17.2 Å². The summed E-state index contributed by atoms with van der Waals surface area (Å²) in [6.45, 7) is 0. The Kier molecular flexibility index (Phi) is 5.22. The molecule has 1 atom stereocenters. The molecule has 148 valence electrons. The third kappa shape index (κ3) is 3.69. The quantitative estimate of drug-likeness (QED) is 0.677. The fraction of sp³-hybridized carbons (Fsp3) is 0.182. The summed E-state index contributed by atoms with van der Waals surface area (Å²) in [6, 6.07) is 15.9. The van der Waals surface area contributed by atoms with E-state index in [4.69, 9.17) is 9.47 Å². The Morgan fingerprint density at radius 3 is 2.59 bits per heavy atom. The summed E-state index contributed by atoms with van der Waals surface area (Å²) in [4.78, 5) is 14.3. The predicted molar refractivity (Wildman–Crippen MR) is 112 cm³/mol. The first-order chi connectivity index (χ1) is 14.1. The molecule has 2 aromatic carbocycles. The lowest BCUT2D eigenvalue weighted by Crippen LogP contribution is -2.26. The van der Waals surface area contributed by atoms with Crippen molar-refractivity contribution in [2.75, 3.05) is 14.2 Å². The summed E-state index contributed by atoms with van der Waals surface area (Å²) >= 11 is 1.60. The van der Waals surface area contributed by atoms with E-state index in [1.807, 2.05) is 17.5 Å². The molecule has 6 nitrogen and oxygen atoms in total. The highest BCUT2D eigenvalue weighted by Gasteiger charge is 2.34. The first-order valence-electron chi connectivity index (χ1n) is 9.06. The van der Waals surface area contributed by atoms with Gasteiger partial charge in [0.25, 0.3) is 5.91 Å². The van der Waals surface area contributed by atoms with Crippen molar-refractivity contribution in [3.05, 3.63) is 76.0 Å². The molecule has 1 amide bonds. The van der Waals surface area contributed by atoms with Crippen molar-refractivity contribution in [1.82, 2.24) is 5.01 Å². The highest BCUT2D eigenvalue weighted by atomic mass is 32.1. The van der Waals surface area contributed by atoms with Crippen LogP contribution in [0.25, 0.3) is 0 Å². The minimum Gasteiger partial charge on any atom is -0.504 e. The molecule has 0 saturated heterocycles. The molecule has 1 N–H and O–H groups in total. The maximum atomic E-state index is 13.2. The van der Waals surface area contributed by atoms with Gasteiger partial charge in [0, 0.05) is 22.4 Å². The Hall–Kier alpha value is -3.32. The third-order valence-electron chi connectivity index (χ3n) is 4.84. The summed E-state index contributed by atoms with van der Waals surface area (Å²) in [5, 5.41) is 18.1. The van der Waals surface area contributed by atoms with E-state index in [-0.39, 0.29) is 17.7 Å². The summed E-state index contributed by atoms with van der Waals surface area (Å²) in [5.41, 5.74) is 2.12. The van der Waals surface area contributed by atoms with Crippen LogP contribution >= 0.6 is 11.3 Å². The molecule has 7 heteroatoms. The summed E-state index contributed by atoms with van der Waals surface area (Å²) in [7, 11) is 3.09. The first kappa shape index (κ1) is 19.0. The van der Waals surface area contributed by atoms with Gasteiger partial charge in [0.05, 0.1) is 26.0 Å². The van der Waals surface area contributed by atoms with Crippen LogP contribution in [0.2, 0.25) is 0 Å². The molecule has 0 saturated carbocycles. The molecule has 2 heterocycles. The molecule has 0 radical (unpaired) electrons. The number of ether oxygens (including phenoxy) is 2. The molecule has 0 spiro atoms. The molecule has 3 aromatic rings. The van der Waals surface area contributed by atoms with E-state index in [0.29, 0.717) is 23.5 Å². The monoisotopic (exact) mass is 408 g/mol. The number of carbonyl (C=O) groups is 1. The van der Waals surface area contributed by atoms with Crippen LogP contribution in [0.15, 0.2) is 65.1 Å². The number of hydrogen-bond acceptors (Lipinski definition) is 6. The van der Waals surface area contributed by atoms with Crippen molar-refractivity contribution in [2.45, 2.75) is 12.5 Å². The second-order valence-electron chi connectivity index (χ2n) is 6.55. The number of phenolic OH excluding ortho intramolecular Hbond substituents is 1. The fourth-order valence-corrected chi connectivity index (χ4v) is 4.11. The highest BCUT2D eigenvalue weighted by Crippen LogP contribution is 2.37. The van der Waals surface area contributed by atoms with Crippen LogP contribution in [-0.2, 0) is 0 Å². The Morgan fingerprint density at radius 2 is 1.93 bits per heavy atom. The minimum atomic E-state index is -0.181. The maximum Gasteiger partial charge on any atom is 0.274 e. The number of nitrogens with zero attached hydrogens (tertiary/aromatic N) is 2. The highest BCUT2D eigenvalue weighted by molar-refractivity contribution is 7.10. The smallest absolute Gasteiger partial charge is 0.274 e. The molecular formula is C22H20N2O4S. The van der Waals surface area contributed by atoms with Gasteiger partial charge >= 0.3 is 0 Å². The van der Waals surface area contributed by atoms with Gasteiger partial charge in [0.15, 0.2) is 11.5 Å². The van der Waals surface area contributed by atoms with Crippen LogP contribution in [0.3, 0.4) is 0 Å². The van der Waals surface area contributed by atoms with Gasteiger partial charge < -0.3 is 14.6 Å². The largest absolute Gasteiger partial charge is 0.504 e. The number of phenols is 1. The number of thiophene rings is 1. The number of methoxy groups -OCH3 is 2. The maximum absolute atomic E-state index is 13.2. The lowest BCUT2D eigenvalue weighted by atomic mass is 10.0. The fourth-order valence-electron chi connectivity index (χ4n) is 3.30. The predicted octanol–water partition coefficient (Wildman–Crippen LogP) is 4.46. The molecule has 0 fully saturated rings. The van der Waals surface area contributed by atoms with Gasteiger partial charge in [-0.05, 0) is 53.9 Å². The summed E-state index contributed by atoms with van der Waals surface area (Å²) in [5.74, 6) is 0.957. The molecule has 0 aliphatic carbocycles. The number of carbonyl (C=O) groups excluding carboxylic acids is 1. The van der Waals surface area contributed by atoms with Crippen LogP contribution in [0.1, 0.15) is 33.3 Å². The van der Waals surface area contributed by atoms with Gasteiger partial charge in [-0.25, -0.2) is 5.01 Å². The molecule has 1 aromatic heterocycles. The lowest BCUT2D eigenvalue weighted by Gasteiger charge is -2.20. The van der Waals surface area contributed by atoms with Crippen LogP contribution < -0.4 is 9.47 Å². The molecule has 0 unspecified atom stereocenters. The van der Waals surface area contributed by atoms with Crippen molar-refractivity contribution < 1.29 is 19.4 Å². The van der Waals surface area contributed by atoms with Crippen molar-refractivity contribution >= 4 is 23.0 Å². The van der Waals surface area contributed by atoms with E-state index in [1.54, 1.807) is 65.9 Å². The zero-order chi connectivity index (χ0) is 20.4. The van der Waals surface area contributed by atoms with Crippen LogP contribution in [0.4, 0.5) is 0 Å². The summed E-state index contributed by atoms with van der Waals surface area (Å²) in [6.07, 6.45) is 0.580. The molecule has 4 rings (SSSR count). The number of rotatable bonds is 5. The van der Waals surface area contributed by atoms with Gasteiger partial charge in [0.1, 0.15) is 5.75 Å². The average Bonchev–Trinajstić information content (AvgIpc) is 3.43. The van der Waals surface area contributed by atoms with E-state index in [9.17, 15) is 9.90 Å². The van der Waals surface area contributed by atoms with Crippen molar-refractivity contribution in [1.29, 1.82) is 0 Å². The topological polar surface area (TPSA) is 71.4 Å². The standard InChI is InChI=1S/C22H20N2O4S/c1-27-16-8-5-14(6-9-16)22(26)24-18(21-4-3-11-29-21)13-17(23-24)15-7-10-19(25)20(12-15)28-2/h3-12,18,25H,13H2,1-2H3/t18-/m1/s1. The SMILES string of the molecule is COc1ccc(C(=O)N2N=C(c3ccc(O)c(OC)c3)C[C@@H]2c2cccs2)cc1. The van der Waals surface area contributed by atoms with E-state index >= 15 is 0 Å². The normalized spacial score (nSPS) is 15.9. The average molecular weight is 408 g/mol. The molecule has 1 aliphatic heterocycles. The van der Waals surface area contributed by atoms with E-state index in [2.05, 4.69) is 5.10 Å². The number of aromatic hydroxyl groups is 1. The number of hydrogen-bond donors (Lipinski definition) is 1. The Labute approximate surface area is 172 Å². The Bertz CT molecular complexity index is 1050.